The van der Waals surface area contributed by atoms with Gasteiger partial charge in [0.15, 0.2) is 0 Å². The van der Waals surface area contributed by atoms with Gasteiger partial charge >= 0.3 is 0 Å². The van der Waals surface area contributed by atoms with E-state index in [0.29, 0.717) is 6.61 Å². The number of thiophene rings is 3. The summed E-state index contributed by atoms with van der Waals surface area (Å²) in [5.41, 5.74) is 0. The minimum atomic E-state index is 0.354. The Hall–Kier alpha value is -0.940. The second-order valence-electron chi connectivity index (χ2n) is 7.06. The summed E-state index contributed by atoms with van der Waals surface area (Å²) in [6, 6.07) is 13.5. The maximum absolute atomic E-state index is 8.77. The van der Waals surface area contributed by atoms with Crippen molar-refractivity contribution >= 4 is 34.0 Å². The van der Waals surface area contributed by atoms with Gasteiger partial charge < -0.3 is 5.11 Å². The Morgan fingerprint density at radius 1 is 0.593 bits per heavy atom. The minimum Gasteiger partial charge on any atom is -0.396 e. The van der Waals surface area contributed by atoms with Crippen molar-refractivity contribution < 1.29 is 5.11 Å². The molecule has 1 N–H and O–H groups in total. The van der Waals surface area contributed by atoms with Gasteiger partial charge in [-0.1, -0.05) is 51.0 Å². The number of aryl methyl sites for hydroxylation is 1. The van der Waals surface area contributed by atoms with Crippen LogP contribution in [-0.4, -0.2) is 11.7 Å². The van der Waals surface area contributed by atoms with Crippen LogP contribution < -0.4 is 0 Å². The van der Waals surface area contributed by atoms with E-state index in [-0.39, 0.29) is 0 Å². The highest BCUT2D eigenvalue weighted by atomic mass is 32.1. The molecule has 0 saturated heterocycles. The van der Waals surface area contributed by atoms with Crippen LogP contribution in [0.5, 0.6) is 0 Å². The fourth-order valence-corrected chi connectivity index (χ4v) is 6.30. The van der Waals surface area contributed by atoms with E-state index >= 15 is 0 Å². The van der Waals surface area contributed by atoms with Gasteiger partial charge in [0, 0.05) is 31.0 Å². The lowest BCUT2D eigenvalue weighted by Crippen LogP contribution is -1.85. The number of hydrogen-bond donors (Lipinski definition) is 1. The summed E-state index contributed by atoms with van der Waals surface area (Å²) < 4.78 is 0. The second kappa shape index (κ2) is 11.8. The Balaban J connectivity index is 1.33. The first kappa shape index (κ1) is 20.8. The molecule has 0 aliphatic carbocycles. The van der Waals surface area contributed by atoms with E-state index in [1.807, 2.05) is 34.0 Å². The molecule has 4 heteroatoms. The third-order valence-corrected chi connectivity index (χ3v) is 8.35. The predicted molar refractivity (Wildman–Crippen MR) is 123 cm³/mol. The van der Waals surface area contributed by atoms with Crippen molar-refractivity contribution in [1.82, 2.24) is 0 Å². The van der Waals surface area contributed by atoms with E-state index in [0.717, 1.165) is 6.42 Å². The zero-order chi connectivity index (χ0) is 18.7. The molecule has 0 amide bonds. The summed E-state index contributed by atoms with van der Waals surface area (Å²) in [6.45, 7) is 0.354. The molecule has 0 radical (unpaired) electrons. The van der Waals surface area contributed by atoms with Crippen LogP contribution in [0.4, 0.5) is 0 Å². The summed E-state index contributed by atoms with van der Waals surface area (Å²) >= 11 is 5.70. The molecule has 0 atom stereocenters. The van der Waals surface area contributed by atoms with Gasteiger partial charge in [0.05, 0.1) is 0 Å². The third-order valence-electron chi connectivity index (χ3n) is 4.86. The highest BCUT2D eigenvalue weighted by Gasteiger charge is 2.08. The first-order chi connectivity index (χ1) is 13.4. The first-order valence-electron chi connectivity index (χ1n) is 10.2. The second-order valence-corrected chi connectivity index (χ2v) is 10.3. The Kier molecular flexibility index (Phi) is 9.09. The summed E-state index contributed by atoms with van der Waals surface area (Å²) in [7, 11) is 0. The van der Waals surface area contributed by atoms with Gasteiger partial charge in [-0.2, -0.15) is 0 Å². The van der Waals surface area contributed by atoms with E-state index in [1.54, 1.807) is 0 Å². The van der Waals surface area contributed by atoms with Crippen LogP contribution in [0.2, 0.25) is 0 Å². The van der Waals surface area contributed by atoms with E-state index < -0.39 is 0 Å². The molecule has 0 saturated carbocycles. The maximum Gasteiger partial charge on any atom is 0.0449 e. The highest BCUT2D eigenvalue weighted by Crippen LogP contribution is 2.39. The standard InChI is InChI=1S/C23H30OS3/c24-17-9-7-5-3-1-2-4-6-8-11-19-13-14-22(26-19)23-16-15-21(27-23)20-12-10-18-25-20/h10,12-16,18,24H,1-9,11,17H2. The lowest BCUT2D eigenvalue weighted by molar-refractivity contribution is 0.282. The van der Waals surface area contributed by atoms with E-state index in [4.69, 9.17) is 5.11 Å². The smallest absolute Gasteiger partial charge is 0.0449 e. The van der Waals surface area contributed by atoms with Gasteiger partial charge in [-0.05, 0) is 55.0 Å². The van der Waals surface area contributed by atoms with E-state index in [9.17, 15) is 0 Å². The molecule has 3 aromatic rings. The van der Waals surface area contributed by atoms with Gasteiger partial charge in [-0.3, -0.25) is 0 Å². The van der Waals surface area contributed by atoms with Gasteiger partial charge in [-0.25, -0.2) is 0 Å². The van der Waals surface area contributed by atoms with Gasteiger partial charge in [0.2, 0.25) is 0 Å². The van der Waals surface area contributed by atoms with Crippen molar-refractivity contribution in [2.45, 2.75) is 64.2 Å². The van der Waals surface area contributed by atoms with Crippen molar-refractivity contribution in [3.8, 4) is 19.5 Å². The van der Waals surface area contributed by atoms with Crippen molar-refractivity contribution in [3.05, 3.63) is 46.7 Å². The Labute approximate surface area is 175 Å². The molecule has 27 heavy (non-hydrogen) atoms. The number of aliphatic hydroxyl groups excluding tert-OH is 1. The number of rotatable bonds is 13. The summed E-state index contributed by atoms with van der Waals surface area (Å²) in [5, 5.41) is 10.9. The Morgan fingerprint density at radius 3 is 1.85 bits per heavy atom. The molecular formula is C23H30OS3. The molecule has 0 aliphatic rings. The summed E-state index contributed by atoms with van der Waals surface area (Å²) in [6.07, 6.45) is 12.8. The molecule has 0 aromatic carbocycles. The molecule has 0 bridgehead atoms. The summed E-state index contributed by atoms with van der Waals surface area (Å²) in [5.74, 6) is 0. The van der Waals surface area contributed by atoms with Crippen LogP contribution in [0.3, 0.4) is 0 Å². The fourth-order valence-electron chi connectivity index (χ4n) is 3.31. The van der Waals surface area contributed by atoms with Crippen LogP contribution in [0, 0.1) is 0 Å². The number of hydrogen-bond acceptors (Lipinski definition) is 4. The normalized spacial score (nSPS) is 11.3. The van der Waals surface area contributed by atoms with E-state index in [2.05, 4.69) is 41.8 Å². The lowest BCUT2D eigenvalue weighted by Gasteiger charge is -2.01. The SMILES string of the molecule is OCCCCCCCCCCCc1ccc(-c2ccc(-c3cccs3)s2)s1. The lowest BCUT2D eigenvalue weighted by atomic mass is 10.1. The van der Waals surface area contributed by atoms with Gasteiger partial charge in [-0.15, -0.1) is 34.0 Å². The van der Waals surface area contributed by atoms with Crippen LogP contribution in [0.1, 0.15) is 62.7 Å². The van der Waals surface area contributed by atoms with Crippen LogP contribution in [0.15, 0.2) is 41.8 Å². The summed E-state index contributed by atoms with van der Waals surface area (Å²) in [4.78, 5) is 7.10. The topological polar surface area (TPSA) is 20.2 Å². The van der Waals surface area contributed by atoms with Gasteiger partial charge in [0.25, 0.3) is 0 Å². The van der Waals surface area contributed by atoms with Crippen molar-refractivity contribution in [2.75, 3.05) is 6.61 Å². The molecule has 3 aromatic heterocycles. The molecular weight excluding hydrogens is 388 g/mol. The maximum atomic E-state index is 8.77. The van der Waals surface area contributed by atoms with Crippen molar-refractivity contribution in [1.29, 1.82) is 0 Å². The zero-order valence-corrected chi connectivity index (χ0v) is 18.4. The van der Waals surface area contributed by atoms with Crippen LogP contribution in [0.25, 0.3) is 19.5 Å². The van der Waals surface area contributed by atoms with Gasteiger partial charge in [0.1, 0.15) is 0 Å². The Morgan fingerprint density at radius 2 is 1.19 bits per heavy atom. The molecule has 0 aliphatic heterocycles. The number of unbranched alkanes of at least 4 members (excludes halogenated alkanes) is 8. The number of aliphatic hydroxyl groups is 1. The molecule has 0 unspecified atom stereocenters. The van der Waals surface area contributed by atoms with Crippen molar-refractivity contribution in [2.24, 2.45) is 0 Å². The van der Waals surface area contributed by atoms with Crippen LogP contribution in [-0.2, 0) is 6.42 Å². The zero-order valence-electron chi connectivity index (χ0n) is 16.0. The van der Waals surface area contributed by atoms with E-state index in [1.165, 1.54) is 82.2 Å². The average molecular weight is 419 g/mol. The first-order valence-corrected chi connectivity index (χ1v) is 12.7. The molecule has 0 spiro atoms. The van der Waals surface area contributed by atoms with Crippen LogP contribution >= 0.6 is 34.0 Å². The molecule has 1 nitrogen and oxygen atoms in total. The minimum absolute atomic E-state index is 0.354. The highest BCUT2D eigenvalue weighted by molar-refractivity contribution is 7.26. The third kappa shape index (κ3) is 6.86. The average Bonchev–Trinajstić information content (AvgIpc) is 3.43. The fraction of sp³-hybridized carbons (Fsp3) is 0.478. The monoisotopic (exact) mass is 418 g/mol. The largest absolute Gasteiger partial charge is 0.396 e. The Bertz CT molecular complexity index is 754. The quantitative estimate of drug-likeness (QED) is 0.277. The molecule has 3 heterocycles. The molecule has 0 fully saturated rings. The predicted octanol–water partition coefficient (Wildman–Crippen LogP) is 8.25. The molecule has 146 valence electrons. The molecule has 3 rings (SSSR count). The van der Waals surface area contributed by atoms with Crippen molar-refractivity contribution in [3.63, 3.8) is 0 Å².